The van der Waals surface area contributed by atoms with E-state index < -0.39 is 0 Å². The second-order valence-electron chi connectivity index (χ2n) is 6.00. The van der Waals surface area contributed by atoms with Crippen molar-refractivity contribution in [3.63, 3.8) is 0 Å². The van der Waals surface area contributed by atoms with Gasteiger partial charge >= 0.3 is 12.0 Å². The smallest absolute Gasteiger partial charge is 0.323 e. The number of rotatable bonds is 8. The lowest BCUT2D eigenvalue weighted by Gasteiger charge is -2.12. The van der Waals surface area contributed by atoms with Gasteiger partial charge in [-0.05, 0) is 12.1 Å². The minimum Gasteiger partial charge on any atom is -0.493 e. The molecule has 0 spiro atoms. The number of ether oxygens (including phenoxy) is 5. The van der Waals surface area contributed by atoms with Crippen LogP contribution in [0, 0.1) is 0 Å². The van der Waals surface area contributed by atoms with Crippen molar-refractivity contribution in [1.29, 1.82) is 0 Å². The average Bonchev–Trinajstić information content (AvgIpc) is 3.52. The molecule has 32 heavy (non-hydrogen) atoms. The molecular weight excluding hydrogens is 424 g/mol. The lowest BCUT2D eigenvalue weighted by atomic mass is 10.2. The second kappa shape index (κ2) is 8.75. The van der Waals surface area contributed by atoms with Gasteiger partial charge in [-0.3, -0.25) is 0 Å². The van der Waals surface area contributed by atoms with Crippen LogP contribution in [0.2, 0.25) is 0 Å². The summed E-state index contributed by atoms with van der Waals surface area (Å²) < 4.78 is 37.4. The fourth-order valence-corrected chi connectivity index (χ4v) is 2.74. The molecule has 0 fully saturated rings. The highest BCUT2D eigenvalue weighted by Gasteiger charge is 2.21. The molecule has 3 heterocycles. The highest BCUT2D eigenvalue weighted by atomic mass is 16.5. The van der Waals surface area contributed by atoms with Gasteiger partial charge in [0, 0.05) is 5.56 Å². The Labute approximate surface area is 181 Å². The van der Waals surface area contributed by atoms with Gasteiger partial charge in [0.05, 0.1) is 35.5 Å². The summed E-state index contributed by atoms with van der Waals surface area (Å²) in [5, 5.41) is 8.11. The van der Waals surface area contributed by atoms with E-state index in [1.165, 1.54) is 41.8 Å². The molecule has 0 bridgehead atoms. The largest absolute Gasteiger partial charge is 0.493 e. The van der Waals surface area contributed by atoms with E-state index in [0.717, 1.165) is 0 Å². The fraction of sp³-hybridized carbons (Fsp3) is 0.263. The van der Waals surface area contributed by atoms with E-state index in [1.807, 2.05) is 0 Å². The van der Waals surface area contributed by atoms with E-state index in [9.17, 15) is 0 Å². The zero-order valence-electron chi connectivity index (χ0n) is 17.8. The summed E-state index contributed by atoms with van der Waals surface area (Å²) in [6.45, 7) is 0. The van der Waals surface area contributed by atoms with Crippen LogP contribution in [0.1, 0.15) is 0 Å². The summed E-state index contributed by atoms with van der Waals surface area (Å²) >= 11 is 0. The van der Waals surface area contributed by atoms with Crippen LogP contribution < -0.4 is 23.7 Å². The lowest BCUT2D eigenvalue weighted by molar-refractivity contribution is 0.324. The topological polar surface area (TPSA) is 150 Å². The number of methoxy groups -OCH3 is 5. The first-order valence-electron chi connectivity index (χ1n) is 9.04. The summed E-state index contributed by atoms with van der Waals surface area (Å²) in [4.78, 5) is 16.4. The van der Waals surface area contributed by atoms with Gasteiger partial charge in [0.1, 0.15) is 6.26 Å². The number of nitrogens with zero attached hydrogens (tertiary/aromatic N) is 6. The predicted molar refractivity (Wildman–Crippen MR) is 107 cm³/mol. The highest BCUT2D eigenvalue weighted by Crippen LogP contribution is 2.41. The third kappa shape index (κ3) is 3.82. The summed E-state index contributed by atoms with van der Waals surface area (Å²) in [7, 11) is 7.39. The Kier molecular flexibility index (Phi) is 5.70. The molecule has 0 atom stereocenters. The molecule has 13 nitrogen and oxygen atoms in total. The van der Waals surface area contributed by atoms with Crippen molar-refractivity contribution in [2.24, 2.45) is 0 Å². The Balaban J connectivity index is 1.67. The van der Waals surface area contributed by atoms with Crippen molar-refractivity contribution in [3.8, 4) is 64.0 Å². The van der Waals surface area contributed by atoms with Gasteiger partial charge in [0.15, 0.2) is 17.2 Å². The van der Waals surface area contributed by atoms with Crippen LogP contribution >= 0.6 is 0 Å². The van der Waals surface area contributed by atoms with Crippen molar-refractivity contribution in [1.82, 2.24) is 30.1 Å². The third-order valence-corrected chi connectivity index (χ3v) is 4.21. The van der Waals surface area contributed by atoms with E-state index in [4.69, 9.17) is 32.5 Å². The van der Waals surface area contributed by atoms with E-state index in [0.29, 0.717) is 22.8 Å². The number of benzene rings is 1. The van der Waals surface area contributed by atoms with Gasteiger partial charge in [-0.2, -0.15) is 9.97 Å². The van der Waals surface area contributed by atoms with Crippen LogP contribution in [0.4, 0.5) is 0 Å². The zero-order valence-corrected chi connectivity index (χ0v) is 17.8. The maximum Gasteiger partial charge on any atom is 0.323 e. The van der Waals surface area contributed by atoms with Crippen molar-refractivity contribution >= 4 is 0 Å². The molecule has 0 aliphatic rings. The molecule has 1 aromatic carbocycles. The molecule has 0 unspecified atom stereocenters. The molecule has 4 rings (SSSR count). The monoisotopic (exact) mass is 442 g/mol. The zero-order chi connectivity index (χ0) is 22.7. The van der Waals surface area contributed by atoms with E-state index in [2.05, 4.69) is 30.1 Å². The first-order valence-corrected chi connectivity index (χ1v) is 9.04. The first-order chi connectivity index (χ1) is 15.6. The van der Waals surface area contributed by atoms with Gasteiger partial charge in [0.25, 0.3) is 11.8 Å². The molecular formula is C19H18N6O7. The van der Waals surface area contributed by atoms with Crippen molar-refractivity contribution in [2.45, 2.75) is 0 Å². The lowest BCUT2D eigenvalue weighted by Crippen LogP contribution is -2.01. The quantitative estimate of drug-likeness (QED) is 0.393. The maximum absolute atomic E-state index is 5.77. The van der Waals surface area contributed by atoms with Gasteiger partial charge < -0.3 is 32.5 Å². The molecule has 0 aliphatic heterocycles. The first kappa shape index (κ1) is 20.8. The van der Waals surface area contributed by atoms with Crippen molar-refractivity contribution < 1.29 is 32.5 Å². The molecule has 0 saturated carbocycles. The van der Waals surface area contributed by atoms with Gasteiger partial charge in [-0.15, -0.1) is 15.2 Å². The second-order valence-corrected chi connectivity index (χ2v) is 6.00. The third-order valence-electron chi connectivity index (χ3n) is 4.21. The molecule has 0 aliphatic carbocycles. The Morgan fingerprint density at radius 1 is 0.656 bits per heavy atom. The normalized spacial score (nSPS) is 10.7. The number of hydrogen-bond donors (Lipinski definition) is 0. The van der Waals surface area contributed by atoms with E-state index in [1.54, 1.807) is 12.1 Å². The minimum atomic E-state index is 0.0501. The van der Waals surface area contributed by atoms with Crippen LogP contribution in [0.3, 0.4) is 0 Å². The average molecular weight is 442 g/mol. The Morgan fingerprint density at radius 3 is 1.84 bits per heavy atom. The molecule has 0 radical (unpaired) electrons. The summed E-state index contributed by atoms with van der Waals surface area (Å²) in [6, 6.07) is 3.48. The molecule has 3 aromatic heterocycles. The molecule has 166 valence electrons. The van der Waals surface area contributed by atoms with Crippen LogP contribution in [0.5, 0.6) is 29.3 Å². The van der Waals surface area contributed by atoms with Gasteiger partial charge in [0.2, 0.25) is 17.5 Å². The fourth-order valence-electron chi connectivity index (χ4n) is 2.74. The van der Waals surface area contributed by atoms with Gasteiger partial charge in [-0.1, -0.05) is 0 Å². The van der Waals surface area contributed by atoms with Gasteiger partial charge in [-0.25, -0.2) is 4.98 Å². The highest BCUT2D eigenvalue weighted by molar-refractivity contribution is 5.66. The van der Waals surface area contributed by atoms with Crippen LogP contribution in [-0.2, 0) is 0 Å². The number of oxazole rings is 1. The molecule has 13 heteroatoms. The molecule has 0 saturated heterocycles. The SMILES string of the molecule is COc1nc(OC)nc(-c2nc(-c3nnc(-c4cc(OC)c(OC)c(OC)c4)o3)co2)n1. The Morgan fingerprint density at radius 2 is 1.28 bits per heavy atom. The van der Waals surface area contributed by atoms with Crippen molar-refractivity contribution in [3.05, 3.63) is 18.4 Å². The van der Waals surface area contributed by atoms with Crippen LogP contribution in [0.25, 0.3) is 34.8 Å². The van der Waals surface area contributed by atoms with E-state index >= 15 is 0 Å². The maximum atomic E-state index is 5.77. The van der Waals surface area contributed by atoms with Crippen LogP contribution in [0.15, 0.2) is 27.2 Å². The Bertz CT molecular complexity index is 1190. The Hall–Kier alpha value is -4.42. The van der Waals surface area contributed by atoms with Crippen molar-refractivity contribution in [2.75, 3.05) is 35.5 Å². The summed E-state index contributed by atoms with van der Waals surface area (Å²) in [5.74, 6) is 1.88. The molecule has 4 aromatic rings. The standard InChI is InChI=1S/C19H18N6O7/c1-26-11-6-9(7-12(27-2)13(11)28-3)15-24-25-16(32-15)10-8-31-17(20-10)14-21-18(29-4)23-19(22-14)30-5/h6-8H,1-5H3. The molecule has 0 amide bonds. The summed E-state index contributed by atoms with van der Waals surface area (Å²) in [6.07, 6.45) is 1.34. The van der Waals surface area contributed by atoms with E-state index in [-0.39, 0.29) is 41.2 Å². The van der Waals surface area contributed by atoms with Crippen LogP contribution in [-0.4, -0.2) is 65.7 Å². The number of aromatic nitrogens is 6. The predicted octanol–water partition coefficient (Wildman–Crippen LogP) is 2.29. The molecule has 0 N–H and O–H groups in total. The number of hydrogen-bond acceptors (Lipinski definition) is 13. The summed E-state index contributed by atoms with van der Waals surface area (Å²) in [5.41, 5.74) is 0.846. The minimum absolute atomic E-state index is 0.0501.